The van der Waals surface area contributed by atoms with Crippen LogP contribution in [0.3, 0.4) is 0 Å². The average molecular weight is 455 g/mol. The third-order valence-electron chi connectivity index (χ3n) is 4.36. The van der Waals surface area contributed by atoms with Crippen molar-refractivity contribution < 1.29 is 17.9 Å². The second-order valence-electron chi connectivity index (χ2n) is 6.52. The quantitative estimate of drug-likeness (QED) is 0.438. The first-order valence-corrected chi connectivity index (χ1v) is 11.6. The molecular formula is C21H18N4O4S2. The lowest BCUT2D eigenvalue weighted by Crippen LogP contribution is -2.30. The second kappa shape index (κ2) is 8.70. The summed E-state index contributed by atoms with van der Waals surface area (Å²) >= 11 is 1.18. The van der Waals surface area contributed by atoms with E-state index in [-0.39, 0.29) is 15.9 Å². The van der Waals surface area contributed by atoms with E-state index >= 15 is 0 Å². The standard InChI is InChI=1S/C21H18N4O4S2/c1-14(29-15-6-3-2-4-7-15)20(26)24-17-9-10-18(16-8-5-11-22-19(16)17)31(27,28)25-21-23-12-13-30-21/h2-14H,1H3,(H,23,25)(H,24,26). The number of sulfonamides is 1. The molecule has 31 heavy (non-hydrogen) atoms. The number of hydrogen-bond acceptors (Lipinski definition) is 7. The van der Waals surface area contributed by atoms with Gasteiger partial charge in [0.05, 0.1) is 16.1 Å². The van der Waals surface area contributed by atoms with E-state index in [4.69, 9.17) is 4.74 Å². The Morgan fingerprint density at radius 2 is 1.84 bits per heavy atom. The SMILES string of the molecule is CC(Oc1ccccc1)C(=O)Nc1ccc(S(=O)(=O)Nc2nccs2)c2cccnc12. The Balaban J connectivity index is 1.61. The number of fused-ring (bicyclic) bond motifs is 1. The number of aromatic nitrogens is 2. The molecule has 0 aliphatic rings. The lowest BCUT2D eigenvalue weighted by atomic mass is 10.2. The number of hydrogen-bond donors (Lipinski definition) is 2. The number of rotatable bonds is 7. The first-order valence-electron chi connectivity index (χ1n) is 9.27. The number of benzene rings is 2. The van der Waals surface area contributed by atoms with Crippen LogP contribution in [0.2, 0.25) is 0 Å². The van der Waals surface area contributed by atoms with Crippen molar-refractivity contribution in [2.24, 2.45) is 0 Å². The summed E-state index contributed by atoms with van der Waals surface area (Å²) in [4.78, 5) is 20.9. The Morgan fingerprint density at radius 1 is 1.03 bits per heavy atom. The smallest absolute Gasteiger partial charge is 0.265 e. The summed E-state index contributed by atoms with van der Waals surface area (Å²) in [6.45, 7) is 1.63. The normalized spacial score (nSPS) is 12.3. The Bertz CT molecular complexity index is 1310. The monoisotopic (exact) mass is 454 g/mol. The number of carbonyl (C=O) groups excluding carboxylic acids is 1. The van der Waals surface area contributed by atoms with Crippen LogP contribution >= 0.6 is 11.3 Å². The molecule has 2 aromatic carbocycles. The molecule has 0 radical (unpaired) electrons. The molecule has 2 heterocycles. The van der Waals surface area contributed by atoms with Gasteiger partial charge in [0, 0.05) is 23.2 Å². The molecule has 0 bridgehead atoms. The van der Waals surface area contributed by atoms with Gasteiger partial charge in [0.2, 0.25) is 0 Å². The van der Waals surface area contributed by atoms with Gasteiger partial charge in [-0.2, -0.15) is 0 Å². The number of pyridine rings is 1. The fraction of sp³-hybridized carbons (Fsp3) is 0.0952. The van der Waals surface area contributed by atoms with E-state index in [0.29, 0.717) is 22.3 Å². The second-order valence-corrected chi connectivity index (χ2v) is 9.06. The molecule has 1 unspecified atom stereocenters. The lowest BCUT2D eigenvalue weighted by Gasteiger charge is -2.16. The van der Waals surface area contributed by atoms with Crippen molar-refractivity contribution in [3.63, 3.8) is 0 Å². The van der Waals surface area contributed by atoms with Gasteiger partial charge in [-0.25, -0.2) is 13.4 Å². The molecule has 158 valence electrons. The van der Waals surface area contributed by atoms with Crippen LogP contribution < -0.4 is 14.8 Å². The first-order chi connectivity index (χ1) is 14.9. The van der Waals surface area contributed by atoms with E-state index in [2.05, 4.69) is 20.0 Å². The predicted molar refractivity (Wildman–Crippen MR) is 120 cm³/mol. The molecule has 4 rings (SSSR count). The lowest BCUT2D eigenvalue weighted by molar-refractivity contribution is -0.122. The summed E-state index contributed by atoms with van der Waals surface area (Å²) in [5.74, 6) is 0.190. The molecule has 1 atom stereocenters. The Hall–Kier alpha value is -3.50. The molecular weight excluding hydrogens is 436 g/mol. The minimum Gasteiger partial charge on any atom is -0.481 e. The van der Waals surface area contributed by atoms with Crippen LogP contribution in [0.5, 0.6) is 5.75 Å². The molecule has 0 aliphatic heterocycles. The Labute approximate surface area is 183 Å². The highest BCUT2D eigenvalue weighted by atomic mass is 32.2. The van der Waals surface area contributed by atoms with Gasteiger partial charge < -0.3 is 10.1 Å². The van der Waals surface area contributed by atoms with Crippen LogP contribution in [0.15, 0.2) is 77.3 Å². The summed E-state index contributed by atoms with van der Waals surface area (Å²) < 4.78 is 33.9. The predicted octanol–water partition coefficient (Wildman–Crippen LogP) is 3.90. The highest BCUT2D eigenvalue weighted by molar-refractivity contribution is 7.93. The van der Waals surface area contributed by atoms with E-state index in [1.807, 2.05) is 18.2 Å². The van der Waals surface area contributed by atoms with Crippen LogP contribution in [0.1, 0.15) is 6.92 Å². The minimum absolute atomic E-state index is 0.0392. The fourth-order valence-electron chi connectivity index (χ4n) is 2.92. The number of amides is 1. The van der Waals surface area contributed by atoms with Gasteiger partial charge in [0.15, 0.2) is 11.2 Å². The average Bonchev–Trinajstić information content (AvgIpc) is 3.26. The third kappa shape index (κ3) is 4.65. The first kappa shape index (κ1) is 20.8. The van der Waals surface area contributed by atoms with Crippen LogP contribution in [-0.4, -0.2) is 30.4 Å². The van der Waals surface area contributed by atoms with Gasteiger partial charge in [-0.05, 0) is 43.3 Å². The maximum Gasteiger partial charge on any atom is 0.265 e. The van der Waals surface area contributed by atoms with Gasteiger partial charge in [-0.15, -0.1) is 11.3 Å². The largest absolute Gasteiger partial charge is 0.481 e. The molecule has 0 aliphatic carbocycles. The molecule has 0 fully saturated rings. The van der Waals surface area contributed by atoms with Gasteiger partial charge >= 0.3 is 0 Å². The van der Waals surface area contributed by atoms with Crippen LogP contribution in [0.4, 0.5) is 10.8 Å². The van der Waals surface area contributed by atoms with E-state index in [1.54, 1.807) is 36.6 Å². The number of anilines is 2. The molecule has 10 heteroatoms. The molecule has 1 amide bonds. The summed E-state index contributed by atoms with van der Waals surface area (Å²) in [5.41, 5.74) is 0.738. The highest BCUT2D eigenvalue weighted by Gasteiger charge is 2.22. The summed E-state index contributed by atoms with van der Waals surface area (Å²) in [5, 5.41) is 5.09. The summed E-state index contributed by atoms with van der Waals surface area (Å²) in [7, 11) is -3.89. The number of nitrogens with zero attached hydrogens (tertiary/aromatic N) is 2. The van der Waals surface area contributed by atoms with Gasteiger partial charge in [0.1, 0.15) is 5.75 Å². The fourth-order valence-corrected chi connectivity index (χ4v) is 4.90. The summed E-state index contributed by atoms with van der Waals surface area (Å²) in [6, 6.07) is 15.2. The van der Waals surface area contributed by atoms with Crippen molar-refractivity contribution >= 4 is 49.0 Å². The number of nitrogens with one attached hydrogen (secondary N) is 2. The van der Waals surface area contributed by atoms with Crippen molar-refractivity contribution in [1.82, 2.24) is 9.97 Å². The molecule has 2 aromatic heterocycles. The van der Waals surface area contributed by atoms with E-state index in [9.17, 15) is 13.2 Å². The van der Waals surface area contributed by atoms with Gasteiger partial charge in [0.25, 0.3) is 15.9 Å². The maximum atomic E-state index is 12.9. The van der Waals surface area contributed by atoms with Crippen molar-refractivity contribution in [2.45, 2.75) is 17.9 Å². The molecule has 0 spiro atoms. The zero-order chi connectivity index (χ0) is 21.8. The molecule has 4 aromatic rings. The molecule has 8 nitrogen and oxygen atoms in total. The molecule has 0 saturated carbocycles. The van der Waals surface area contributed by atoms with E-state index in [0.717, 1.165) is 0 Å². The van der Waals surface area contributed by atoms with Gasteiger partial charge in [-0.1, -0.05) is 18.2 Å². The van der Waals surface area contributed by atoms with Crippen molar-refractivity contribution in [1.29, 1.82) is 0 Å². The Morgan fingerprint density at radius 3 is 2.58 bits per heavy atom. The van der Waals surface area contributed by atoms with Crippen molar-refractivity contribution in [3.8, 4) is 5.75 Å². The van der Waals surface area contributed by atoms with Crippen LogP contribution in [0, 0.1) is 0 Å². The topological polar surface area (TPSA) is 110 Å². The van der Waals surface area contributed by atoms with Crippen LogP contribution in [-0.2, 0) is 14.8 Å². The highest BCUT2D eigenvalue weighted by Crippen LogP contribution is 2.29. The molecule has 2 N–H and O–H groups in total. The zero-order valence-corrected chi connectivity index (χ0v) is 18.0. The number of thiazole rings is 1. The summed E-state index contributed by atoms with van der Waals surface area (Å²) in [6.07, 6.45) is 2.28. The van der Waals surface area contributed by atoms with Crippen LogP contribution in [0.25, 0.3) is 10.9 Å². The van der Waals surface area contributed by atoms with E-state index in [1.165, 1.54) is 35.9 Å². The number of carbonyl (C=O) groups is 1. The van der Waals surface area contributed by atoms with Crippen molar-refractivity contribution in [3.05, 3.63) is 72.4 Å². The zero-order valence-electron chi connectivity index (χ0n) is 16.3. The van der Waals surface area contributed by atoms with Gasteiger partial charge in [-0.3, -0.25) is 14.5 Å². The number of para-hydroxylation sites is 1. The van der Waals surface area contributed by atoms with Crippen molar-refractivity contribution in [2.75, 3.05) is 10.0 Å². The maximum absolute atomic E-state index is 12.9. The molecule has 0 saturated heterocycles. The third-order valence-corrected chi connectivity index (χ3v) is 6.57. The minimum atomic E-state index is -3.89. The number of ether oxygens (including phenoxy) is 1. The van der Waals surface area contributed by atoms with E-state index < -0.39 is 16.1 Å². The Kier molecular flexibility index (Phi) is 5.83.